The molecule has 0 saturated carbocycles. The molecule has 0 saturated heterocycles. The first-order valence-corrected chi connectivity index (χ1v) is 8.01. The summed E-state index contributed by atoms with van der Waals surface area (Å²) in [5, 5.41) is -0.0227. The van der Waals surface area contributed by atoms with E-state index in [1.165, 1.54) is 5.56 Å². The highest BCUT2D eigenvalue weighted by atomic mass is 35.5. The average Bonchev–Trinajstić information content (AvgIpc) is 2.49. The Hall–Kier alpha value is -1.47. The largest absolute Gasteiger partial charge is 0.491 e. The Kier molecular flexibility index (Phi) is 5.69. The molecule has 2 rings (SSSR count). The molecule has 0 N–H and O–H groups in total. The van der Waals surface area contributed by atoms with Crippen LogP contribution in [0.4, 0.5) is 0 Å². The third-order valence-electron chi connectivity index (χ3n) is 3.59. The van der Waals surface area contributed by atoms with Gasteiger partial charge in [0.2, 0.25) is 0 Å². The van der Waals surface area contributed by atoms with Gasteiger partial charge in [-0.15, -0.1) is 11.6 Å². The Morgan fingerprint density at radius 2 is 1.52 bits per heavy atom. The highest BCUT2D eigenvalue weighted by molar-refractivity contribution is 6.21. The van der Waals surface area contributed by atoms with Gasteiger partial charge in [-0.1, -0.05) is 49.4 Å². The summed E-state index contributed by atoms with van der Waals surface area (Å²) in [6.07, 6.45) is 1.21. The standard InChI is InChI=1S/C19H23ClO/c1-4-18(15-8-6-5-7-9-15)19(20)16-10-12-17(13-11-16)21-14(2)3/h5-14,18-19H,4H2,1-3H3. The third-order valence-corrected chi connectivity index (χ3v) is 4.15. The van der Waals surface area contributed by atoms with E-state index in [-0.39, 0.29) is 11.5 Å². The molecular formula is C19H23ClO. The fourth-order valence-electron chi connectivity index (χ4n) is 2.55. The molecule has 0 aliphatic heterocycles. The van der Waals surface area contributed by atoms with Gasteiger partial charge < -0.3 is 4.74 Å². The van der Waals surface area contributed by atoms with Gasteiger partial charge >= 0.3 is 0 Å². The van der Waals surface area contributed by atoms with Crippen molar-refractivity contribution >= 4 is 11.6 Å². The monoisotopic (exact) mass is 302 g/mol. The van der Waals surface area contributed by atoms with Crippen LogP contribution in [0.3, 0.4) is 0 Å². The lowest BCUT2D eigenvalue weighted by molar-refractivity contribution is 0.242. The van der Waals surface area contributed by atoms with Crippen molar-refractivity contribution in [2.75, 3.05) is 0 Å². The van der Waals surface area contributed by atoms with Crippen LogP contribution in [0.25, 0.3) is 0 Å². The van der Waals surface area contributed by atoms with Crippen LogP contribution in [0.1, 0.15) is 49.6 Å². The maximum absolute atomic E-state index is 6.72. The predicted molar refractivity (Wildman–Crippen MR) is 90.3 cm³/mol. The summed E-state index contributed by atoms with van der Waals surface area (Å²) >= 11 is 6.72. The van der Waals surface area contributed by atoms with Crippen LogP contribution in [0.2, 0.25) is 0 Å². The van der Waals surface area contributed by atoms with Gasteiger partial charge in [0.05, 0.1) is 11.5 Å². The van der Waals surface area contributed by atoms with Crippen molar-refractivity contribution in [2.24, 2.45) is 0 Å². The molecule has 21 heavy (non-hydrogen) atoms. The number of rotatable bonds is 6. The number of ether oxygens (including phenoxy) is 1. The van der Waals surface area contributed by atoms with Gasteiger partial charge in [-0.2, -0.15) is 0 Å². The maximum atomic E-state index is 6.72. The summed E-state index contributed by atoms with van der Waals surface area (Å²) in [7, 11) is 0. The summed E-state index contributed by atoms with van der Waals surface area (Å²) in [6, 6.07) is 18.6. The molecule has 0 radical (unpaired) electrons. The zero-order valence-corrected chi connectivity index (χ0v) is 13.7. The molecule has 2 aromatic carbocycles. The number of halogens is 1. The first-order chi connectivity index (χ1) is 10.1. The molecule has 1 nitrogen and oxygen atoms in total. The lowest BCUT2D eigenvalue weighted by Gasteiger charge is -2.22. The fraction of sp³-hybridized carbons (Fsp3) is 0.368. The van der Waals surface area contributed by atoms with Crippen LogP contribution < -0.4 is 4.74 Å². The van der Waals surface area contributed by atoms with Crippen LogP contribution in [0, 0.1) is 0 Å². The Labute approximate surface area is 132 Å². The number of benzene rings is 2. The summed E-state index contributed by atoms with van der Waals surface area (Å²) in [4.78, 5) is 0. The van der Waals surface area contributed by atoms with Gasteiger partial charge in [0.15, 0.2) is 0 Å². The van der Waals surface area contributed by atoms with Crippen LogP contribution in [-0.2, 0) is 0 Å². The Balaban J connectivity index is 2.16. The van der Waals surface area contributed by atoms with E-state index in [4.69, 9.17) is 16.3 Å². The Morgan fingerprint density at radius 1 is 0.905 bits per heavy atom. The minimum atomic E-state index is -0.0227. The SMILES string of the molecule is CCC(c1ccccc1)C(Cl)c1ccc(OC(C)C)cc1. The fourth-order valence-corrected chi connectivity index (χ4v) is 3.02. The molecule has 0 aliphatic carbocycles. The van der Waals surface area contributed by atoms with Gasteiger partial charge in [-0.05, 0) is 43.5 Å². The Morgan fingerprint density at radius 3 is 2.05 bits per heavy atom. The molecular weight excluding hydrogens is 280 g/mol. The summed E-state index contributed by atoms with van der Waals surface area (Å²) in [5.74, 6) is 1.22. The smallest absolute Gasteiger partial charge is 0.119 e. The van der Waals surface area contributed by atoms with Crippen molar-refractivity contribution in [3.63, 3.8) is 0 Å². The Bertz CT molecular complexity index is 533. The molecule has 0 spiro atoms. The van der Waals surface area contributed by atoms with E-state index in [1.54, 1.807) is 0 Å². The van der Waals surface area contributed by atoms with E-state index >= 15 is 0 Å². The van der Waals surface area contributed by atoms with Gasteiger partial charge in [-0.25, -0.2) is 0 Å². The van der Waals surface area contributed by atoms with Crippen LogP contribution in [0.15, 0.2) is 54.6 Å². The summed E-state index contributed by atoms with van der Waals surface area (Å²) in [6.45, 7) is 6.24. The zero-order chi connectivity index (χ0) is 15.2. The molecule has 0 aliphatic rings. The topological polar surface area (TPSA) is 9.23 Å². The van der Waals surface area contributed by atoms with Crippen molar-refractivity contribution in [2.45, 2.75) is 44.6 Å². The molecule has 0 amide bonds. The van der Waals surface area contributed by atoms with Crippen LogP contribution >= 0.6 is 11.6 Å². The highest BCUT2D eigenvalue weighted by Crippen LogP contribution is 2.38. The quantitative estimate of drug-likeness (QED) is 0.599. The summed E-state index contributed by atoms with van der Waals surface area (Å²) in [5.41, 5.74) is 2.44. The second-order valence-electron chi connectivity index (χ2n) is 5.56. The molecule has 2 unspecified atom stereocenters. The van der Waals surface area contributed by atoms with Crippen LogP contribution in [-0.4, -0.2) is 6.10 Å². The van der Waals surface area contributed by atoms with E-state index < -0.39 is 0 Å². The van der Waals surface area contributed by atoms with Crippen molar-refractivity contribution in [3.8, 4) is 5.75 Å². The van der Waals surface area contributed by atoms with Crippen LogP contribution in [0.5, 0.6) is 5.75 Å². The highest BCUT2D eigenvalue weighted by Gasteiger charge is 2.21. The van der Waals surface area contributed by atoms with Crippen molar-refractivity contribution in [1.29, 1.82) is 0 Å². The minimum absolute atomic E-state index is 0.0227. The average molecular weight is 303 g/mol. The minimum Gasteiger partial charge on any atom is -0.491 e. The van der Waals surface area contributed by atoms with Crippen molar-refractivity contribution in [1.82, 2.24) is 0 Å². The molecule has 0 aromatic heterocycles. The van der Waals surface area contributed by atoms with E-state index in [1.807, 2.05) is 32.0 Å². The molecule has 0 fully saturated rings. The van der Waals surface area contributed by atoms with Gasteiger partial charge in [0.1, 0.15) is 5.75 Å². The molecule has 112 valence electrons. The predicted octanol–water partition coefficient (Wildman–Crippen LogP) is 5.95. The number of hydrogen-bond donors (Lipinski definition) is 0. The van der Waals surface area contributed by atoms with Gasteiger partial charge in [0, 0.05) is 5.92 Å². The maximum Gasteiger partial charge on any atom is 0.119 e. The second-order valence-corrected chi connectivity index (χ2v) is 6.03. The molecule has 2 aromatic rings. The molecule has 0 heterocycles. The van der Waals surface area contributed by atoms with Crippen molar-refractivity contribution < 1.29 is 4.74 Å². The van der Waals surface area contributed by atoms with Crippen molar-refractivity contribution in [3.05, 3.63) is 65.7 Å². The number of alkyl halides is 1. The number of hydrogen-bond acceptors (Lipinski definition) is 1. The molecule has 2 heteroatoms. The lowest BCUT2D eigenvalue weighted by atomic mass is 9.89. The lowest BCUT2D eigenvalue weighted by Crippen LogP contribution is -2.07. The van der Waals surface area contributed by atoms with E-state index in [2.05, 4.69) is 43.3 Å². The van der Waals surface area contributed by atoms with E-state index in [0.29, 0.717) is 5.92 Å². The first kappa shape index (κ1) is 15.9. The second kappa shape index (κ2) is 7.51. The normalized spacial score (nSPS) is 14.0. The van der Waals surface area contributed by atoms with Gasteiger partial charge in [-0.3, -0.25) is 0 Å². The van der Waals surface area contributed by atoms with Gasteiger partial charge in [0.25, 0.3) is 0 Å². The zero-order valence-electron chi connectivity index (χ0n) is 12.9. The molecule has 0 bridgehead atoms. The van der Waals surface area contributed by atoms with E-state index in [0.717, 1.165) is 17.7 Å². The summed E-state index contributed by atoms with van der Waals surface area (Å²) < 4.78 is 5.68. The third kappa shape index (κ3) is 4.25. The molecule has 2 atom stereocenters. The first-order valence-electron chi connectivity index (χ1n) is 7.57. The van der Waals surface area contributed by atoms with E-state index in [9.17, 15) is 0 Å².